The summed E-state index contributed by atoms with van der Waals surface area (Å²) in [5.74, 6) is 5.95. The number of nitrogens with zero attached hydrogens (tertiary/aromatic N) is 1. The van der Waals surface area contributed by atoms with Crippen LogP contribution in [0.15, 0.2) is 0 Å². The molecule has 0 amide bonds. The summed E-state index contributed by atoms with van der Waals surface area (Å²) >= 11 is 0. The van der Waals surface area contributed by atoms with Crippen LogP contribution in [0.2, 0.25) is 0 Å². The van der Waals surface area contributed by atoms with Crippen molar-refractivity contribution >= 4 is 0 Å². The molecule has 0 radical (unpaired) electrons. The van der Waals surface area contributed by atoms with Crippen LogP contribution in [0, 0.1) is 11.8 Å². The van der Waals surface area contributed by atoms with Crippen LogP contribution in [-0.2, 0) is 0 Å². The lowest BCUT2D eigenvalue weighted by atomic mass is 10.1. The molecule has 0 aromatic heterocycles. The third kappa shape index (κ3) is 3.80. The Morgan fingerprint density at radius 2 is 2.08 bits per heavy atom. The van der Waals surface area contributed by atoms with Gasteiger partial charge in [-0.25, -0.2) is 0 Å². The molecule has 1 heterocycles. The van der Waals surface area contributed by atoms with Crippen LogP contribution >= 0.6 is 0 Å². The molecule has 74 valence electrons. The van der Waals surface area contributed by atoms with Crippen LogP contribution in [0.3, 0.4) is 0 Å². The quantitative estimate of drug-likeness (QED) is 0.654. The summed E-state index contributed by atoms with van der Waals surface area (Å²) in [5, 5.41) is 3.47. The van der Waals surface area contributed by atoms with Crippen molar-refractivity contribution in [1.82, 2.24) is 10.2 Å². The predicted molar refractivity (Wildman–Crippen MR) is 56.6 cm³/mol. The first-order valence-electron chi connectivity index (χ1n) is 5.22. The third-order valence-electron chi connectivity index (χ3n) is 2.69. The number of piperidine rings is 1. The summed E-state index contributed by atoms with van der Waals surface area (Å²) < 4.78 is 0. The van der Waals surface area contributed by atoms with E-state index in [1.54, 1.807) is 0 Å². The van der Waals surface area contributed by atoms with Crippen molar-refractivity contribution < 1.29 is 0 Å². The van der Waals surface area contributed by atoms with Crippen molar-refractivity contribution in [3.05, 3.63) is 0 Å². The molecular formula is C11H20N2. The Bertz CT molecular complexity index is 182. The van der Waals surface area contributed by atoms with Crippen LogP contribution in [-0.4, -0.2) is 37.1 Å². The van der Waals surface area contributed by atoms with Gasteiger partial charge in [0.1, 0.15) is 0 Å². The highest BCUT2D eigenvalue weighted by Crippen LogP contribution is 2.08. The highest BCUT2D eigenvalue weighted by atomic mass is 15.1. The molecule has 0 aromatic carbocycles. The molecule has 0 aliphatic carbocycles. The lowest BCUT2D eigenvalue weighted by Gasteiger charge is -2.31. The lowest BCUT2D eigenvalue weighted by molar-refractivity contribution is 0.209. The second-order valence-corrected chi connectivity index (χ2v) is 3.52. The van der Waals surface area contributed by atoms with E-state index >= 15 is 0 Å². The topological polar surface area (TPSA) is 15.3 Å². The van der Waals surface area contributed by atoms with Crippen molar-refractivity contribution in [3.8, 4) is 11.8 Å². The Labute approximate surface area is 81.7 Å². The lowest BCUT2D eigenvalue weighted by Crippen LogP contribution is -2.42. The zero-order chi connectivity index (χ0) is 9.52. The van der Waals surface area contributed by atoms with Gasteiger partial charge >= 0.3 is 0 Å². The molecule has 1 aliphatic rings. The van der Waals surface area contributed by atoms with Gasteiger partial charge in [-0.3, -0.25) is 0 Å². The van der Waals surface area contributed by atoms with Gasteiger partial charge in [-0.15, -0.1) is 5.92 Å². The molecular weight excluding hydrogens is 160 g/mol. The summed E-state index contributed by atoms with van der Waals surface area (Å²) in [5.41, 5.74) is 0. The van der Waals surface area contributed by atoms with Crippen molar-refractivity contribution in [3.63, 3.8) is 0 Å². The molecule has 13 heavy (non-hydrogen) atoms. The first-order chi connectivity index (χ1) is 6.36. The normalized spacial score (nSPS) is 19.5. The summed E-state index contributed by atoms with van der Waals surface area (Å²) in [4.78, 5) is 2.50. The fraction of sp³-hybridized carbons (Fsp3) is 0.818. The van der Waals surface area contributed by atoms with E-state index in [1.807, 2.05) is 6.92 Å². The van der Waals surface area contributed by atoms with Gasteiger partial charge in [0, 0.05) is 6.04 Å². The Morgan fingerprint density at radius 1 is 1.38 bits per heavy atom. The molecule has 1 N–H and O–H groups in total. The minimum atomic E-state index is 0.698. The highest BCUT2D eigenvalue weighted by molar-refractivity contribution is 4.98. The number of nitrogens with one attached hydrogen (secondary N) is 1. The van der Waals surface area contributed by atoms with Crippen LogP contribution in [0.4, 0.5) is 0 Å². The first kappa shape index (κ1) is 10.6. The van der Waals surface area contributed by atoms with Gasteiger partial charge in [0.2, 0.25) is 0 Å². The minimum Gasteiger partial charge on any atom is -0.303 e. The smallest absolute Gasteiger partial charge is 0.0578 e. The molecule has 0 atom stereocenters. The maximum absolute atomic E-state index is 3.47. The summed E-state index contributed by atoms with van der Waals surface area (Å²) in [6.45, 7) is 8.66. The van der Waals surface area contributed by atoms with E-state index < -0.39 is 0 Å². The van der Waals surface area contributed by atoms with E-state index in [0.29, 0.717) is 6.04 Å². The zero-order valence-corrected chi connectivity index (χ0v) is 8.77. The van der Waals surface area contributed by atoms with E-state index in [-0.39, 0.29) is 0 Å². The second kappa shape index (κ2) is 6.01. The van der Waals surface area contributed by atoms with Gasteiger partial charge in [-0.1, -0.05) is 12.8 Å². The van der Waals surface area contributed by atoms with E-state index in [2.05, 4.69) is 29.0 Å². The summed E-state index contributed by atoms with van der Waals surface area (Å²) in [6.07, 6.45) is 2.55. The molecule has 0 bridgehead atoms. The molecule has 1 rings (SSSR count). The maximum Gasteiger partial charge on any atom is 0.0578 e. The second-order valence-electron chi connectivity index (χ2n) is 3.52. The highest BCUT2D eigenvalue weighted by Gasteiger charge is 2.16. The van der Waals surface area contributed by atoms with Crippen LogP contribution in [0.1, 0.15) is 26.7 Å². The van der Waals surface area contributed by atoms with E-state index in [4.69, 9.17) is 0 Å². The van der Waals surface area contributed by atoms with Gasteiger partial charge in [0.05, 0.1) is 6.54 Å². The van der Waals surface area contributed by atoms with Gasteiger partial charge in [0.15, 0.2) is 0 Å². The molecule has 1 saturated heterocycles. The molecule has 0 aromatic rings. The molecule has 0 saturated carbocycles. The SMILES string of the molecule is CC#CCNC1CCN(CC)CC1. The summed E-state index contributed by atoms with van der Waals surface area (Å²) in [7, 11) is 0. The maximum atomic E-state index is 3.47. The third-order valence-corrected chi connectivity index (χ3v) is 2.69. The van der Waals surface area contributed by atoms with Crippen LogP contribution in [0.25, 0.3) is 0 Å². The van der Waals surface area contributed by atoms with E-state index in [0.717, 1.165) is 6.54 Å². The molecule has 1 fully saturated rings. The standard InChI is InChI=1S/C11H20N2/c1-3-5-8-12-11-6-9-13(4-2)10-7-11/h11-12H,4,6-10H2,1-2H3. The molecule has 0 unspecified atom stereocenters. The van der Waals surface area contributed by atoms with Crippen LogP contribution < -0.4 is 5.32 Å². The van der Waals surface area contributed by atoms with Gasteiger partial charge in [0.25, 0.3) is 0 Å². The Kier molecular flexibility index (Phi) is 4.88. The Hall–Kier alpha value is -0.520. The minimum absolute atomic E-state index is 0.698. The van der Waals surface area contributed by atoms with Crippen molar-refractivity contribution in [2.24, 2.45) is 0 Å². The molecule has 1 aliphatic heterocycles. The fourth-order valence-electron chi connectivity index (χ4n) is 1.74. The van der Waals surface area contributed by atoms with Crippen molar-refractivity contribution in [2.45, 2.75) is 32.7 Å². The first-order valence-corrected chi connectivity index (χ1v) is 5.22. The molecule has 0 spiro atoms. The van der Waals surface area contributed by atoms with Gasteiger partial charge in [-0.2, -0.15) is 0 Å². The predicted octanol–water partition coefficient (Wildman–Crippen LogP) is 1.08. The number of hydrogen-bond acceptors (Lipinski definition) is 2. The Morgan fingerprint density at radius 3 is 2.62 bits per heavy atom. The van der Waals surface area contributed by atoms with Crippen molar-refractivity contribution in [2.75, 3.05) is 26.2 Å². The van der Waals surface area contributed by atoms with Crippen LogP contribution in [0.5, 0.6) is 0 Å². The number of rotatable bonds is 3. The summed E-state index contributed by atoms with van der Waals surface area (Å²) in [6, 6.07) is 0.698. The van der Waals surface area contributed by atoms with E-state index in [9.17, 15) is 0 Å². The monoisotopic (exact) mass is 180 g/mol. The zero-order valence-electron chi connectivity index (χ0n) is 8.77. The Balaban J connectivity index is 2.12. The molecule has 2 heteroatoms. The average molecular weight is 180 g/mol. The molecule has 2 nitrogen and oxygen atoms in total. The van der Waals surface area contributed by atoms with Gasteiger partial charge in [-0.05, 0) is 39.4 Å². The van der Waals surface area contributed by atoms with Crippen molar-refractivity contribution in [1.29, 1.82) is 0 Å². The van der Waals surface area contributed by atoms with E-state index in [1.165, 1.54) is 32.5 Å². The average Bonchev–Trinajstić information content (AvgIpc) is 2.19. The number of hydrogen-bond donors (Lipinski definition) is 1. The number of likely N-dealkylation sites (tertiary alicyclic amines) is 1. The fourth-order valence-corrected chi connectivity index (χ4v) is 1.74. The largest absolute Gasteiger partial charge is 0.303 e. The van der Waals surface area contributed by atoms with Gasteiger partial charge < -0.3 is 10.2 Å².